The molecule has 0 aliphatic carbocycles. The van der Waals surface area contributed by atoms with Crippen LogP contribution in [0.2, 0.25) is 0 Å². The van der Waals surface area contributed by atoms with Gasteiger partial charge in [0.2, 0.25) is 0 Å². The van der Waals surface area contributed by atoms with Crippen molar-refractivity contribution in [2.45, 2.75) is 6.92 Å². The molecule has 20 heavy (non-hydrogen) atoms. The van der Waals surface area contributed by atoms with Crippen LogP contribution < -0.4 is 4.90 Å². The molecule has 0 saturated heterocycles. The van der Waals surface area contributed by atoms with Crippen molar-refractivity contribution in [1.82, 2.24) is 19.9 Å². The maximum atomic E-state index is 4.56. The minimum Gasteiger partial charge on any atom is -0.362 e. The van der Waals surface area contributed by atoms with Gasteiger partial charge in [-0.3, -0.25) is 0 Å². The van der Waals surface area contributed by atoms with Crippen LogP contribution in [0, 0.1) is 6.92 Å². The van der Waals surface area contributed by atoms with Crippen LogP contribution in [0.5, 0.6) is 0 Å². The summed E-state index contributed by atoms with van der Waals surface area (Å²) >= 11 is 0. The maximum Gasteiger partial charge on any atom is 0.168 e. The van der Waals surface area contributed by atoms with E-state index in [-0.39, 0.29) is 0 Å². The highest BCUT2D eigenvalue weighted by Gasteiger charge is 2.11. The van der Waals surface area contributed by atoms with Gasteiger partial charge >= 0.3 is 0 Å². The molecule has 0 saturated carbocycles. The standard InChI is InChI=1S/C15H15N5/c1-10-17-14-12(15(18-10)20(2)3)9-16-13(19-14)11-7-5-4-6-8-11/h4-9H,1-3H3. The van der Waals surface area contributed by atoms with Gasteiger partial charge in [-0.25, -0.2) is 19.9 Å². The van der Waals surface area contributed by atoms with Crippen molar-refractivity contribution in [2.75, 3.05) is 19.0 Å². The van der Waals surface area contributed by atoms with E-state index in [1.165, 1.54) is 0 Å². The highest BCUT2D eigenvalue weighted by molar-refractivity contribution is 5.87. The third kappa shape index (κ3) is 2.18. The van der Waals surface area contributed by atoms with Crippen LogP contribution in [-0.4, -0.2) is 34.0 Å². The van der Waals surface area contributed by atoms with Crippen molar-refractivity contribution in [3.05, 3.63) is 42.4 Å². The van der Waals surface area contributed by atoms with Crippen LogP contribution in [0.1, 0.15) is 5.82 Å². The molecule has 0 N–H and O–H groups in total. The number of aryl methyl sites for hydroxylation is 1. The summed E-state index contributed by atoms with van der Waals surface area (Å²) in [5, 5.41) is 0.861. The van der Waals surface area contributed by atoms with Gasteiger partial charge in [-0.05, 0) is 6.92 Å². The number of rotatable bonds is 2. The van der Waals surface area contributed by atoms with Crippen molar-refractivity contribution in [3.8, 4) is 11.4 Å². The molecule has 0 bridgehead atoms. The Hall–Kier alpha value is -2.56. The molecule has 0 aliphatic heterocycles. The van der Waals surface area contributed by atoms with Crippen LogP contribution in [-0.2, 0) is 0 Å². The summed E-state index contributed by atoms with van der Waals surface area (Å²) in [6, 6.07) is 9.89. The van der Waals surface area contributed by atoms with Crippen LogP contribution in [0.4, 0.5) is 5.82 Å². The number of aromatic nitrogens is 4. The smallest absolute Gasteiger partial charge is 0.168 e. The zero-order valence-corrected chi connectivity index (χ0v) is 11.7. The summed E-state index contributed by atoms with van der Waals surface area (Å²) in [5.41, 5.74) is 1.66. The molecule has 2 heterocycles. The summed E-state index contributed by atoms with van der Waals surface area (Å²) < 4.78 is 0. The Balaban J connectivity index is 2.22. The van der Waals surface area contributed by atoms with E-state index in [2.05, 4.69) is 19.9 Å². The van der Waals surface area contributed by atoms with E-state index >= 15 is 0 Å². The molecule has 3 aromatic rings. The van der Waals surface area contributed by atoms with Gasteiger partial charge in [0.15, 0.2) is 11.5 Å². The molecule has 5 heteroatoms. The van der Waals surface area contributed by atoms with Gasteiger partial charge in [-0.15, -0.1) is 0 Å². The fourth-order valence-electron chi connectivity index (χ4n) is 2.07. The number of anilines is 1. The van der Waals surface area contributed by atoms with Crippen molar-refractivity contribution < 1.29 is 0 Å². The van der Waals surface area contributed by atoms with Crippen molar-refractivity contribution in [2.24, 2.45) is 0 Å². The van der Waals surface area contributed by atoms with Crippen LogP contribution in [0.15, 0.2) is 36.5 Å². The second-order valence-corrected chi connectivity index (χ2v) is 4.79. The van der Waals surface area contributed by atoms with E-state index < -0.39 is 0 Å². The quantitative estimate of drug-likeness (QED) is 0.712. The molecule has 0 atom stereocenters. The molecular weight excluding hydrogens is 250 g/mol. The lowest BCUT2D eigenvalue weighted by Gasteiger charge is -2.14. The second-order valence-electron chi connectivity index (χ2n) is 4.79. The SMILES string of the molecule is Cc1nc(N(C)C)c2cnc(-c3ccccc3)nc2n1. The molecule has 100 valence electrons. The first kappa shape index (κ1) is 12.5. The van der Waals surface area contributed by atoms with E-state index in [0.29, 0.717) is 17.3 Å². The number of hydrogen-bond acceptors (Lipinski definition) is 5. The lowest BCUT2D eigenvalue weighted by atomic mass is 10.2. The molecule has 0 fully saturated rings. The Bertz CT molecular complexity index is 753. The molecule has 0 aliphatic rings. The summed E-state index contributed by atoms with van der Waals surface area (Å²) in [4.78, 5) is 19.8. The van der Waals surface area contributed by atoms with Crippen molar-refractivity contribution in [3.63, 3.8) is 0 Å². The summed E-state index contributed by atoms with van der Waals surface area (Å²) in [5.74, 6) is 2.23. The Morgan fingerprint density at radius 1 is 0.950 bits per heavy atom. The summed E-state index contributed by atoms with van der Waals surface area (Å²) in [7, 11) is 3.90. The van der Waals surface area contributed by atoms with Crippen LogP contribution in [0.25, 0.3) is 22.4 Å². The number of benzene rings is 1. The first-order chi connectivity index (χ1) is 9.65. The van der Waals surface area contributed by atoms with E-state index in [9.17, 15) is 0 Å². The monoisotopic (exact) mass is 265 g/mol. The minimum absolute atomic E-state index is 0.676. The second kappa shape index (κ2) is 4.85. The van der Waals surface area contributed by atoms with Gasteiger partial charge in [0.05, 0.1) is 5.39 Å². The highest BCUT2D eigenvalue weighted by Crippen LogP contribution is 2.23. The maximum absolute atomic E-state index is 4.56. The minimum atomic E-state index is 0.676. The summed E-state index contributed by atoms with van der Waals surface area (Å²) in [6.07, 6.45) is 1.79. The number of fused-ring (bicyclic) bond motifs is 1. The number of hydrogen-bond donors (Lipinski definition) is 0. The Labute approximate surface area is 117 Å². The first-order valence-electron chi connectivity index (χ1n) is 6.39. The lowest BCUT2D eigenvalue weighted by molar-refractivity contribution is 1.00. The fraction of sp³-hybridized carbons (Fsp3) is 0.200. The third-order valence-corrected chi connectivity index (χ3v) is 3.00. The molecule has 0 amide bonds. The van der Waals surface area contributed by atoms with E-state index in [1.54, 1.807) is 6.20 Å². The normalized spacial score (nSPS) is 10.8. The summed E-state index contributed by atoms with van der Waals surface area (Å²) in [6.45, 7) is 1.87. The predicted octanol–water partition coefficient (Wildman–Crippen LogP) is 2.46. The zero-order valence-electron chi connectivity index (χ0n) is 11.7. The molecule has 3 rings (SSSR count). The Morgan fingerprint density at radius 3 is 2.40 bits per heavy atom. The lowest BCUT2D eigenvalue weighted by Crippen LogP contribution is -2.13. The van der Waals surface area contributed by atoms with Crippen molar-refractivity contribution in [1.29, 1.82) is 0 Å². The van der Waals surface area contributed by atoms with Gasteiger partial charge in [0.25, 0.3) is 0 Å². The average Bonchev–Trinajstić information content (AvgIpc) is 2.46. The van der Waals surface area contributed by atoms with E-state index in [0.717, 1.165) is 16.8 Å². The molecule has 5 nitrogen and oxygen atoms in total. The first-order valence-corrected chi connectivity index (χ1v) is 6.39. The van der Waals surface area contributed by atoms with Gasteiger partial charge < -0.3 is 4.90 Å². The van der Waals surface area contributed by atoms with E-state index in [1.807, 2.05) is 56.3 Å². The average molecular weight is 265 g/mol. The zero-order chi connectivity index (χ0) is 14.1. The molecule has 1 aromatic carbocycles. The molecule has 2 aromatic heterocycles. The van der Waals surface area contributed by atoms with Crippen molar-refractivity contribution >= 4 is 16.9 Å². The van der Waals surface area contributed by atoms with Crippen LogP contribution >= 0.6 is 0 Å². The van der Waals surface area contributed by atoms with Crippen LogP contribution in [0.3, 0.4) is 0 Å². The fourth-order valence-corrected chi connectivity index (χ4v) is 2.07. The van der Waals surface area contributed by atoms with Gasteiger partial charge in [0, 0.05) is 25.9 Å². The third-order valence-electron chi connectivity index (χ3n) is 3.00. The topological polar surface area (TPSA) is 54.8 Å². The van der Waals surface area contributed by atoms with Gasteiger partial charge in [0.1, 0.15) is 11.6 Å². The van der Waals surface area contributed by atoms with E-state index in [4.69, 9.17) is 0 Å². The Morgan fingerprint density at radius 2 is 1.70 bits per heavy atom. The Kier molecular flexibility index (Phi) is 3.02. The molecule has 0 spiro atoms. The van der Waals surface area contributed by atoms with Gasteiger partial charge in [-0.1, -0.05) is 30.3 Å². The largest absolute Gasteiger partial charge is 0.362 e. The van der Waals surface area contributed by atoms with Gasteiger partial charge in [-0.2, -0.15) is 0 Å². The number of nitrogens with zero attached hydrogens (tertiary/aromatic N) is 5. The highest BCUT2D eigenvalue weighted by atomic mass is 15.2. The molecular formula is C15H15N5. The predicted molar refractivity (Wildman–Crippen MR) is 79.6 cm³/mol. The molecule has 0 unspecified atom stereocenters. The molecule has 0 radical (unpaired) electrons.